The van der Waals surface area contributed by atoms with Crippen molar-refractivity contribution in [1.29, 1.82) is 0 Å². The fourth-order valence-electron chi connectivity index (χ4n) is 3.31. The Balaban J connectivity index is 1.43. The normalized spacial score (nSPS) is 16.1. The number of halogens is 1. The summed E-state index contributed by atoms with van der Waals surface area (Å²) in [4.78, 5) is 8.95. The molecule has 0 radical (unpaired) electrons. The molecule has 1 heterocycles. The molecule has 0 saturated carbocycles. The first-order chi connectivity index (χ1) is 13.7. The Bertz CT molecular complexity index is 807. The average molecular weight is 419 g/mol. The lowest BCUT2D eigenvalue weighted by atomic mass is 10.2. The predicted octanol–water partition coefficient (Wildman–Crippen LogP) is 2.99. The molecule has 1 unspecified atom stereocenters. The third-order valence-corrected chi connectivity index (χ3v) is 6.40. The van der Waals surface area contributed by atoms with Crippen LogP contribution in [0.5, 0.6) is 0 Å². The number of guanidine groups is 1. The Hall–Kier alpha value is -2.05. The van der Waals surface area contributed by atoms with Crippen LogP contribution in [-0.4, -0.2) is 60.6 Å². The zero-order valence-electron chi connectivity index (χ0n) is 16.2. The molecule has 0 bridgehead atoms. The Morgan fingerprint density at radius 1 is 1.07 bits per heavy atom. The first-order valence-corrected chi connectivity index (χ1v) is 11.4. The molecule has 7 heteroatoms. The topological polar surface area (TPSA) is 47.9 Å². The van der Waals surface area contributed by atoms with E-state index < -0.39 is 10.8 Å². The molecule has 1 N–H and O–H groups in total. The number of para-hydroxylation sites is 1. The van der Waals surface area contributed by atoms with Gasteiger partial charge < -0.3 is 15.1 Å². The van der Waals surface area contributed by atoms with Crippen molar-refractivity contribution in [2.24, 2.45) is 4.99 Å². The zero-order chi connectivity index (χ0) is 19.8. The second kappa shape index (κ2) is 10.5. The number of anilines is 1. The van der Waals surface area contributed by atoms with Gasteiger partial charge in [-0.05, 0) is 17.7 Å². The molecule has 2 aromatic rings. The molecule has 3 rings (SSSR count). The highest BCUT2D eigenvalue weighted by Crippen LogP contribution is 2.25. The van der Waals surface area contributed by atoms with Gasteiger partial charge in [0.15, 0.2) is 5.96 Å². The minimum Gasteiger partial charge on any atom is -0.367 e. The van der Waals surface area contributed by atoms with Crippen molar-refractivity contribution >= 4 is 34.0 Å². The summed E-state index contributed by atoms with van der Waals surface area (Å²) in [7, 11) is 0.909. The summed E-state index contributed by atoms with van der Waals surface area (Å²) >= 11 is 6.32. The summed E-state index contributed by atoms with van der Waals surface area (Å²) in [6.07, 6.45) is 0. The van der Waals surface area contributed by atoms with Crippen molar-refractivity contribution in [3.8, 4) is 0 Å². The van der Waals surface area contributed by atoms with Gasteiger partial charge >= 0.3 is 0 Å². The van der Waals surface area contributed by atoms with Crippen LogP contribution in [0.25, 0.3) is 0 Å². The maximum absolute atomic E-state index is 12.3. The Labute approximate surface area is 174 Å². The number of nitrogens with zero attached hydrogens (tertiary/aromatic N) is 3. The molecule has 0 amide bonds. The van der Waals surface area contributed by atoms with E-state index in [2.05, 4.69) is 26.2 Å². The van der Waals surface area contributed by atoms with E-state index in [1.807, 2.05) is 48.5 Å². The van der Waals surface area contributed by atoms with E-state index in [1.54, 1.807) is 7.05 Å². The quantitative estimate of drug-likeness (QED) is 0.578. The first-order valence-electron chi connectivity index (χ1n) is 9.51. The van der Waals surface area contributed by atoms with Crippen molar-refractivity contribution < 1.29 is 4.21 Å². The van der Waals surface area contributed by atoms with Gasteiger partial charge in [-0.15, -0.1) is 0 Å². The molecule has 1 atom stereocenters. The number of piperazine rings is 1. The van der Waals surface area contributed by atoms with Gasteiger partial charge in [0.05, 0.1) is 10.7 Å². The van der Waals surface area contributed by atoms with E-state index in [1.165, 1.54) is 0 Å². The second-order valence-corrected chi connectivity index (χ2v) is 8.66. The minimum atomic E-state index is -0.887. The van der Waals surface area contributed by atoms with Gasteiger partial charge in [0, 0.05) is 62.1 Å². The summed E-state index contributed by atoms with van der Waals surface area (Å²) in [6, 6.07) is 17.9. The summed E-state index contributed by atoms with van der Waals surface area (Å²) in [5.41, 5.74) is 2.20. The smallest absolute Gasteiger partial charge is 0.193 e. The molecule has 28 heavy (non-hydrogen) atoms. The second-order valence-electron chi connectivity index (χ2n) is 6.67. The molecule has 2 aromatic carbocycles. The van der Waals surface area contributed by atoms with Gasteiger partial charge in [-0.3, -0.25) is 9.20 Å². The van der Waals surface area contributed by atoms with Crippen molar-refractivity contribution in [2.75, 3.05) is 50.4 Å². The van der Waals surface area contributed by atoms with Gasteiger partial charge in [0.1, 0.15) is 0 Å². The fourth-order valence-corrected chi connectivity index (χ4v) is 4.60. The molecule has 1 aliphatic heterocycles. The van der Waals surface area contributed by atoms with Gasteiger partial charge in [0.25, 0.3) is 0 Å². The van der Waals surface area contributed by atoms with E-state index in [0.29, 0.717) is 18.1 Å². The fraction of sp³-hybridized carbons (Fsp3) is 0.381. The van der Waals surface area contributed by atoms with Crippen LogP contribution in [-0.2, 0) is 16.6 Å². The molecular formula is C21H27ClN4OS. The molecule has 150 valence electrons. The largest absolute Gasteiger partial charge is 0.367 e. The summed E-state index contributed by atoms with van der Waals surface area (Å²) in [6.45, 7) is 4.18. The van der Waals surface area contributed by atoms with Gasteiger partial charge in [0.2, 0.25) is 0 Å². The van der Waals surface area contributed by atoms with E-state index >= 15 is 0 Å². The van der Waals surface area contributed by atoms with Crippen LogP contribution in [0.2, 0.25) is 5.02 Å². The van der Waals surface area contributed by atoms with Gasteiger partial charge in [-0.25, -0.2) is 0 Å². The van der Waals surface area contributed by atoms with Crippen LogP contribution in [0.15, 0.2) is 59.6 Å². The molecule has 1 saturated heterocycles. The third-order valence-electron chi connectivity index (χ3n) is 4.77. The third kappa shape index (κ3) is 5.72. The molecule has 0 aliphatic carbocycles. The lowest BCUT2D eigenvalue weighted by molar-refractivity contribution is 0.373. The SMILES string of the molecule is CN=C(NCCS(=O)Cc1ccccc1)N1CCN(c2ccccc2Cl)CC1. The highest BCUT2D eigenvalue weighted by atomic mass is 35.5. The Morgan fingerprint density at radius 3 is 2.43 bits per heavy atom. The molecular weight excluding hydrogens is 392 g/mol. The van der Waals surface area contributed by atoms with Crippen LogP contribution in [0.3, 0.4) is 0 Å². The summed E-state index contributed by atoms with van der Waals surface area (Å²) < 4.78 is 12.3. The molecule has 1 fully saturated rings. The number of rotatable bonds is 6. The van der Waals surface area contributed by atoms with E-state index in [4.69, 9.17) is 11.6 Å². The lowest BCUT2D eigenvalue weighted by Gasteiger charge is -2.38. The van der Waals surface area contributed by atoms with Crippen molar-refractivity contribution in [3.05, 3.63) is 65.2 Å². The zero-order valence-corrected chi connectivity index (χ0v) is 17.8. The van der Waals surface area contributed by atoms with Gasteiger partial charge in [-0.2, -0.15) is 0 Å². The predicted molar refractivity (Wildman–Crippen MR) is 120 cm³/mol. The standard InChI is InChI=1S/C21H27ClN4OS/c1-23-21(24-11-16-28(27)17-18-7-3-2-4-8-18)26-14-12-25(13-15-26)20-10-6-5-9-19(20)22/h2-10H,11-17H2,1H3,(H,23,24). The average Bonchev–Trinajstić information content (AvgIpc) is 2.73. The maximum atomic E-state index is 12.3. The number of hydrogen-bond donors (Lipinski definition) is 1. The van der Waals surface area contributed by atoms with Crippen molar-refractivity contribution in [2.45, 2.75) is 5.75 Å². The Kier molecular flexibility index (Phi) is 7.74. The number of nitrogens with one attached hydrogen (secondary N) is 1. The minimum absolute atomic E-state index is 0.595. The monoisotopic (exact) mass is 418 g/mol. The van der Waals surface area contributed by atoms with Crippen LogP contribution >= 0.6 is 11.6 Å². The Morgan fingerprint density at radius 2 is 1.75 bits per heavy atom. The summed E-state index contributed by atoms with van der Waals surface area (Å²) in [5, 5.41) is 4.15. The molecule has 0 aromatic heterocycles. The van der Waals surface area contributed by atoms with Crippen molar-refractivity contribution in [1.82, 2.24) is 10.2 Å². The van der Waals surface area contributed by atoms with Crippen LogP contribution < -0.4 is 10.2 Å². The maximum Gasteiger partial charge on any atom is 0.193 e. The van der Waals surface area contributed by atoms with Crippen LogP contribution in [0, 0.1) is 0 Å². The molecule has 5 nitrogen and oxygen atoms in total. The van der Waals surface area contributed by atoms with Crippen LogP contribution in [0.1, 0.15) is 5.56 Å². The molecule has 1 aliphatic rings. The van der Waals surface area contributed by atoms with E-state index in [-0.39, 0.29) is 0 Å². The number of benzene rings is 2. The van der Waals surface area contributed by atoms with E-state index in [9.17, 15) is 4.21 Å². The number of hydrogen-bond acceptors (Lipinski definition) is 3. The van der Waals surface area contributed by atoms with Gasteiger partial charge in [-0.1, -0.05) is 54.1 Å². The first kappa shape index (κ1) is 20.7. The summed E-state index contributed by atoms with van der Waals surface area (Å²) in [5.74, 6) is 2.07. The highest BCUT2D eigenvalue weighted by molar-refractivity contribution is 7.84. The lowest BCUT2D eigenvalue weighted by Crippen LogP contribution is -2.53. The van der Waals surface area contributed by atoms with Crippen LogP contribution in [0.4, 0.5) is 5.69 Å². The highest BCUT2D eigenvalue weighted by Gasteiger charge is 2.20. The number of aliphatic imine (C=N–C) groups is 1. The van der Waals surface area contributed by atoms with Crippen molar-refractivity contribution in [3.63, 3.8) is 0 Å². The molecule has 0 spiro atoms. The van der Waals surface area contributed by atoms with E-state index in [0.717, 1.165) is 48.4 Å².